The number of benzene rings is 2. The van der Waals surface area contributed by atoms with Crippen molar-refractivity contribution in [3.63, 3.8) is 0 Å². The van der Waals surface area contributed by atoms with E-state index in [1.54, 1.807) is 0 Å². The number of aliphatic hydroxyl groups is 1. The first-order valence-corrected chi connectivity index (χ1v) is 7.51. The summed E-state index contributed by atoms with van der Waals surface area (Å²) in [6.45, 7) is 0.955. The Bertz CT molecular complexity index is 660. The van der Waals surface area contributed by atoms with Gasteiger partial charge >= 0.3 is 0 Å². The molecule has 1 atom stereocenters. The van der Waals surface area contributed by atoms with Crippen LogP contribution in [0.1, 0.15) is 34.8 Å². The Balaban J connectivity index is 2.16. The molecule has 0 radical (unpaired) electrons. The van der Waals surface area contributed by atoms with Crippen molar-refractivity contribution in [2.24, 2.45) is 0 Å². The van der Waals surface area contributed by atoms with Crippen LogP contribution in [0, 0.1) is 0 Å². The van der Waals surface area contributed by atoms with Crippen LogP contribution in [-0.4, -0.2) is 18.7 Å². The van der Waals surface area contributed by atoms with Crippen molar-refractivity contribution in [2.45, 2.75) is 18.9 Å². The second-order valence-electron chi connectivity index (χ2n) is 5.47. The van der Waals surface area contributed by atoms with Gasteiger partial charge in [-0.15, -0.1) is 0 Å². The van der Waals surface area contributed by atoms with Gasteiger partial charge < -0.3 is 10.4 Å². The standard InChI is InChI=1S/C19H21NO/c1-20-12-6-11-16-15-8-3-2-7-14(15)13-19(21)18-10-5-4-9-17(16)18/h2-5,7-11,19-21H,6,12-13H2,1H3/b16-11-/t19-/m0/s1. The molecule has 2 N–H and O–H groups in total. The van der Waals surface area contributed by atoms with Gasteiger partial charge in [0.2, 0.25) is 0 Å². The quantitative estimate of drug-likeness (QED) is 0.845. The zero-order valence-corrected chi connectivity index (χ0v) is 12.3. The van der Waals surface area contributed by atoms with Crippen molar-refractivity contribution in [2.75, 3.05) is 13.6 Å². The maximum Gasteiger partial charge on any atom is 0.0836 e. The van der Waals surface area contributed by atoms with E-state index in [9.17, 15) is 5.11 Å². The van der Waals surface area contributed by atoms with Crippen molar-refractivity contribution in [3.8, 4) is 0 Å². The molecule has 21 heavy (non-hydrogen) atoms. The fourth-order valence-electron chi connectivity index (χ4n) is 3.04. The van der Waals surface area contributed by atoms with Crippen LogP contribution in [0.15, 0.2) is 54.6 Å². The van der Waals surface area contributed by atoms with Gasteiger partial charge in [0.05, 0.1) is 6.10 Å². The summed E-state index contributed by atoms with van der Waals surface area (Å²) in [5, 5.41) is 13.7. The summed E-state index contributed by atoms with van der Waals surface area (Å²) in [4.78, 5) is 0. The number of rotatable bonds is 3. The number of hydrogen-bond acceptors (Lipinski definition) is 2. The lowest BCUT2D eigenvalue weighted by Gasteiger charge is -2.13. The van der Waals surface area contributed by atoms with Gasteiger partial charge in [0.25, 0.3) is 0 Å². The summed E-state index contributed by atoms with van der Waals surface area (Å²) in [5.41, 5.74) is 5.90. The van der Waals surface area contributed by atoms with Gasteiger partial charge in [0.1, 0.15) is 0 Å². The molecule has 0 heterocycles. The third-order valence-corrected chi connectivity index (χ3v) is 4.07. The average Bonchev–Trinajstić information content (AvgIpc) is 2.63. The second kappa shape index (κ2) is 6.25. The van der Waals surface area contributed by atoms with Gasteiger partial charge in [-0.3, -0.25) is 0 Å². The number of fused-ring (bicyclic) bond motifs is 2. The Labute approximate surface area is 126 Å². The number of hydrogen-bond donors (Lipinski definition) is 2. The SMILES string of the molecule is CNCC/C=C1/c2ccccc2C[C@H](O)c2ccccc21. The third kappa shape index (κ3) is 2.78. The van der Waals surface area contributed by atoms with Crippen LogP contribution in [0.4, 0.5) is 0 Å². The molecule has 2 aromatic rings. The largest absolute Gasteiger partial charge is 0.388 e. The molecule has 0 amide bonds. The van der Waals surface area contributed by atoms with Crippen LogP contribution >= 0.6 is 0 Å². The molecular weight excluding hydrogens is 258 g/mol. The van der Waals surface area contributed by atoms with Crippen LogP contribution in [-0.2, 0) is 6.42 Å². The third-order valence-electron chi connectivity index (χ3n) is 4.07. The van der Waals surface area contributed by atoms with Gasteiger partial charge in [-0.2, -0.15) is 0 Å². The van der Waals surface area contributed by atoms with Crippen molar-refractivity contribution < 1.29 is 5.11 Å². The molecule has 0 aliphatic heterocycles. The maximum atomic E-state index is 10.5. The second-order valence-corrected chi connectivity index (χ2v) is 5.47. The summed E-state index contributed by atoms with van der Waals surface area (Å²) < 4.78 is 0. The van der Waals surface area contributed by atoms with Crippen LogP contribution in [0.25, 0.3) is 5.57 Å². The van der Waals surface area contributed by atoms with E-state index < -0.39 is 6.10 Å². The predicted molar refractivity (Wildman–Crippen MR) is 87.2 cm³/mol. The normalized spacial score (nSPS) is 19.0. The van der Waals surface area contributed by atoms with Crippen molar-refractivity contribution in [1.82, 2.24) is 5.32 Å². The monoisotopic (exact) mass is 279 g/mol. The highest BCUT2D eigenvalue weighted by Gasteiger charge is 2.22. The van der Waals surface area contributed by atoms with Crippen molar-refractivity contribution in [3.05, 3.63) is 76.9 Å². The minimum Gasteiger partial charge on any atom is -0.388 e. The predicted octanol–water partition coefficient (Wildman–Crippen LogP) is 3.32. The molecule has 108 valence electrons. The molecule has 3 rings (SSSR count). The molecule has 0 fully saturated rings. The Morgan fingerprint density at radius 3 is 2.62 bits per heavy atom. The minimum atomic E-state index is -0.433. The Hall–Kier alpha value is -1.90. The number of aliphatic hydroxyl groups excluding tert-OH is 1. The molecule has 0 unspecified atom stereocenters. The van der Waals surface area contributed by atoms with E-state index in [-0.39, 0.29) is 0 Å². The average molecular weight is 279 g/mol. The van der Waals surface area contributed by atoms with E-state index in [1.165, 1.54) is 16.7 Å². The lowest BCUT2D eigenvalue weighted by molar-refractivity contribution is 0.179. The van der Waals surface area contributed by atoms with E-state index in [2.05, 4.69) is 35.7 Å². The molecule has 0 bridgehead atoms. The molecule has 0 aromatic heterocycles. The van der Waals surface area contributed by atoms with Gasteiger partial charge in [0, 0.05) is 6.42 Å². The van der Waals surface area contributed by atoms with E-state index >= 15 is 0 Å². The fraction of sp³-hybridized carbons (Fsp3) is 0.263. The Morgan fingerprint density at radius 1 is 1.10 bits per heavy atom. The summed E-state index contributed by atoms with van der Waals surface area (Å²) in [5.74, 6) is 0. The molecule has 1 aliphatic carbocycles. The molecule has 1 aliphatic rings. The first-order chi connectivity index (χ1) is 10.3. The van der Waals surface area contributed by atoms with Crippen LogP contribution in [0.3, 0.4) is 0 Å². The first kappa shape index (κ1) is 14.1. The first-order valence-electron chi connectivity index (χ1n) is 7.51. The zero-order valence-electron chi connectivity index (χ0n) is 12.3. The molecule has 2 aromatic carbocycles. The number of nitrogens with one attached hydrogen (secondary N) is 1. The fourth-order valence-corrected chi connectivity index (χ4v) is 3.04. The zero-order chi connectivity index (χ0) is 14.7. The van der Waals surface area contributed by atoms with Gasteiger partial charge in [-0.25, -0.2) is 0 Å². The van der Waals surface area contributed by atoms with E-state index in [4.69, 9.17) is 0 Å². The van der Waals surface area contributed by atoms with Crippen LogP contribution < -0.4 is 5.32 Å². The topological polar surface area (TPSA) is 32.3 Å². The van der Waals surface area contributed by atoms with Gasteiger partial charge in [0.15, 0.2) is 0 Å². The summed E-state index contributed by atoms with van der Waals surface area (Å²) in [6, 6.07) is 16.6. The van der Waals surface area contributed by atoms with Crippen molar-refractivity contribution in [1.29, 1.82) is 0 Å². The minimum absolute atomic E-state index is 0.433. The molecular formula is C19H21NO. The van der Waals surface area contributed by atoms with E-state index in [1.807, 2.05) is 31.3 Å². The molecule has 0 saturated carbocycles. The lowest BCUT2D eigenvalue weighted by atomic mass is 9.93. The van der Waals surface area contributed by atoms with Gasteiger partial charge in [-0.05, 0) is 47.8 Å². The highest BCUT2D eigenvalue weighted by Crippen LogP contribution is 2.37. The molecule has 0 saturated heterocycles. The van der Waals surface area contributed by atoms with Crippen molar-refractivity contribution >= 4 is 5.57 Å². The molecule has 2 heteroatoms. The Morgan fingerprint density at radius 2 is 1.81 bits per heavy atom. The Kier molecular flexibility index (Phi) is 4.18. The summed E-state index contributed by atoms with van der Waals surface area (Å²) >= 11 is 0. The highest BCUT2D eigenvalue weighted by molar-refractivity contribution is 5.84. The summed E-state index contributed by atoms with van der Waals surface area (Å²) in [7, 11) is 1.97. The summed E-state index contributed by atoms with van der Waals surface area (Å²) in [6.07, 6.45) is 3.51. The van der Waals surface area contributed by atoms with E-state index in [0.29, 0.717) is 6.42 Å². The smallest absolute Gasteiger partial charge is 0.0836 e. The maximum absolute atomic E-state index is 10.5. The van der Waals surface area contributed by atoms with Crippen LogP contribution in [0.2, 0.25) is 0 Å². The van der Waals surface area contributed by atoms with Crippen LogP contribution in [0.5, 0.6) is 0 Å². The molecule has 0 spiro atoms. The highest BCUT2D eigenvalue weighted by atomic mass is 16.3. The molecule has 2 nitrogen and oxygen atoms in total. The van der Waals surface area contributed by atoms with E-state index in [0.717, 1.165) is 24.1 Å². The lowest BCUT2D eigenvalue weighted by Crippen LogP contribution is -2.06. The van der Waals surface area contributed by atoms with Gasteiger partial charge in [-0.1, -0.05) is 54.6 Å².